The van der Waals surface area contributed by atoms with Crippen LogP contribution in [0.15, 0.2) is 6.20 Å². The fraction of sp³-hybridized carbons (Fsp3) is 0. The molecule has 0 saturated carbocycles. The molecule has 1 aromatic rings. The Morgan fingerprint density at radius 2 is 2.45 bits per heavy atom. The Kier molecular flexibility index (Phi) is 2.80. The molecule has 0 aromatic carbocycles. The summed E-state index contributed by atoms with van der Waals surface area (Å²) in [7, 11) is 1.76. The minimum absolute atomic E-state index is 0.0170. The topological polar surface area (TPSA) is 54.9 Å². The summed E-state index contributed by atoms with van der Waals surface area (Å²) in [5, 5.41) is 2.42. The molecular weight excluding hydrogens is 187 g/mol. The summed E-state index contributed by atoms with van der Waals surface area (Å²) in [6.45, 7) is 0. The second-order valence-electron chi connectivity index (χ2n) is 1.60. The zero-order valence-corrected chi connectivity index (χ0v) is 7.33. The standard InChI is InChI=1S/C4H4FN3OP2/c5-2-1-6-4(11-9)7-3(2)8-10/h1H,10H2,(H,6,7,8). The number of hydrogen-bond acceptors (Lipinski definition) is 4. The van der Waals surface area contributed by atoms with Gasteiger partial charge in [0.15, 0.2) is 11.6 Å². The first-order valence-corrected chi connectivity index (χ1v) is 3.99. The van der Waals surface area contributed by atoms with E-state index in [9.17, 15) is 8.96 Å². The fourth-order valence-electron chi connectivity index (χ4n) is 0.503. The van der Waals surface area contributed by atoms with Gasteiger partial charge in [-0.25, -0.2) is 14.4 Å². The molecule has 0 aliphatic heterocycles. The van der Waals surface area contributed by atoms with E-state index in [0.717, 1.165) is 6.20 Å². The number of hydrogen-bond donors (Lipinski definition) is 1. The Labute approximate surface area is 66.1 Å². The molecule has 0 amide bonds. The number of anilines is 1. The Bertz CT molecular complexity index is 282. The van der Waals surface area contributed by atoms with Gasteiger partial charge in [0.2, 0.25) is 14.0 Å². The molecule has 1 heterocycles. The summed E-state index contributed by atoms with van der Waals surface area (Å²) in [6, 6.07) is 0. The maximum absolute atomic E-state index is 12.6. The third-order valence-electron chi connectivity index (χ3n) is 0.950. The number of nitrogens with zero attached hydrogens (tertiary/aromatic N) is 2. The molecule has 0 radical (unpaired) electrons. The van der Waals surface area contributed by atoms with Crippen molar-refractivity contribution in [3.63, 3.8) is 0 Å². The largest absolute Gasteiger partial charge is 0.352 e. The molecule has 1 aromatic heterocycles. The zero-order valence-electron chi connectivity index (χ0n) is 5.28. The first-order chi connectivity index (χ1) is 5.27. The van der Waals surface area contributed by atoms with Gasteiger partial charge in [0.25, 0.3) is 0 Å². The zero-order chi connectivity index (χ0) is 8.27. The molecular formula is C4H4FN3OP2. The monoisotopic (exact) mass is 191 g/mol. The second-order valence-corrected chi connectivity index (χ2v) is 2.47. The van der Waals surface area contributed by atoms with Crippen molar-refractivity contribution in [1.82, 2.24) is 9.97 Å². The van der Waals surface area contributed by atoms with E-state index in [-0.39, 0.29) is 19.8 Å². The van der Waals surface area contributed by atoms with Crippen molar-refractivity contribution >= 4 is 29.2 Å². The van der Waals surface area contributed by atoms with Crippen LogP contribution in [0.4, 0.5) is 10.2 Å². The molecule has 11 heavy (non-hydrogen) atoms. The van der Waals surface area contributed by atoms with Crippen LogP contribution in [0, 0.1) is 5.82 Å². The summed E-state index contributed by atoms with van der Waals surface area (Å²) in [5.74, 6) is -0.559. The van der Waals surface area contributed by atoms with Crippen LogP contribution in [0.2, 0.25) is 0 Å². The summed E-state index contributed by atoms with van der Waals surface area (Å²) in [6.07, 6.45) is 0.958. The van der Waals surface area contributed by atoms with Gasteiger partial charge in [0, 0.05) is 0 Å². The van der Waals surface area contributed by atoms with Crippen molar-refractivity contribution in [2.75, 3.05) is 5.09 Å². The molecule has 7 heteroatoms. The van der Waals surface area contributed by atoms with Gasteiger partial charge in [-0.3, -0.25) is 4.57 Å². The minimum Gasteiger partial charge on any atom is -0.352 e. The molecule has 1 rings (SSSR count). The summed E-state index contributed by atoms with van der Waals surface area (Å²) >= 11 is 0. The molecule has 1 atom stereocenters. The van der Waals surface area contributed by atoms with E-state index in [2.05, 4.69) is 24.4 Å². The molecule has 0 saturated heterocycles. The molecule has 58 valence electrons. The average Bonchev–Trinajstić information content (AvgIpc) is 2.05. The lowest BCUT2D eigenvalue weighted by atomic mass is 10.6. The lowest BCUT2D eigenvalue weighted by Gasteiger charge is -1.98. The Morgan fingerprint density at radius 1 is 1.73 bits per heavy atom. The second kappa shape index (κ2) is 3.65. The maximum atomic E-state index is 12.6. The van der Waals surface area contributed by atoms with Crippen LogP contribution in [-0.2, 0) is 4.57 Å². The highest BCUT2D eigenvalue weighted by Crippen LogP contribution is 2.08. The number of halogens is 1. The summed E-state index contributed by atoms with van der Waals surface area (Å²) in [5.41, 5.74) is 0.0522. The molecule has 0 aliphatic carbocycles. The molecule has 0 aliphatic rings. The van der Waals surface area contributed by atoms with E-state index in [1.54, 1.807) is 0 Å². The van der Waals surface area contributed by atoms with Crippen molar-refractivity contribution in [3.8, 4) is 0 Å². The van der Waals surface area contributed by atoms with Gasteiger partial charge in [0.05, 0.1) is 6.20 Å². The van der Waals surface area contributed by atoms with Crippen molar-refractivity contribution in [3.05, 3.63) is 12.0 Å². The highest BCUT2D eigenvalue weighted by Gasteiger charge is 2.03. The lowest BCUT2D eigenvalue weighted by molar-refractivity contribution is 0.601. The predicted octanol–water partition coefficient (Wildman–Crippen LogP) is 0.735. The maximum Gasteiger partial charge on any atom is 0.233 e. The number of nitrogens with one attached hydrogen (secondary N) is 1. The van der Waals surface area contributed by atoms with Gasteiger partial charge in [-0.05, 0) is 9.39 Å². The third kappa shape index (κ3) is 1.88. The van der Waals surface area contributed by atoms with Crippen molar-refractivity contribution in [2.45, 2.75) is 0 Å². The number of rotatable bonds is 2. The lowest BCUT2D eigenvalue weighted by Crippen LogP contribution is -2.07. The van der Waals surface area contributed by atoms with Gasteiger partial charge in [-0.15, -0.1) is 0 Å². The highest BCUT2D eigenvalue weighted by molar-refractivity contribution is 7.33. The quantitative estimate of drug-likeness (QED) is 0.700. The Hall–Kier alpha value is -0.660. The van der Waals surface area contributed by atoms with Gasteiger partial charge in [-0.2, -0.15) is 0 Å². The van der Waals surface area contributed by atoms with E-state index in [1.165, 1.54) is 0 Å². The molecule has 0 spiro atoms. The van der Waals surface area contributed by atoms with Gasteiger partial charge < -0.3 is 5.09 Å². The highest BCUT2D eigenvalue weighted by atomic mass is 31.1. The third-order valence-corrected chi connectivity index (χ3v) is 1.60. The minimum atomic E-state index is -0.576. The Morgan fingerprint density at radius 3 is 3.00 bits per heavy atom. The van der Waals surface area contributed by atoms with E-state index in [0.29, 0.717) is 0 Å². The van der Waals surface area contributed by atoms with Crippen LogP contribution in [0.5, 0.6) is 0 Å². The number of aromatic nitrogens is 2. The molecule has 0 fully saturated rings. The van der Waals surface area contributed by atoms with Crippen LogP contribution < -0.4 is 10.7 Å². The summed E-state index contributed by atoms with van der Waals surface area (Å²) in [4.78, 5) is 7.01. The molecule has 1 N–H and O–H groups in total. The normalized spacial score (nSPS) is 10.0. The van der Waals surface area contributed by atoms with Crippen LogP contribution in [0.25, 0.3) is 0 Å². The smallest absolute Gasteiger partial charge is 0.233 e. The van der Waals surface area contributed by atoms with Crippen LogP contribution in [0.3, 0.4) is 0 Å². The van der Waals surface area contributed by atoms with Gasteiger partial charge >= 0.3 is 0 Å². The van der Waals surface area contributed by atoms with Crippen LogP contribution >= 0.6 is 17.9 Å². The average molecular weight is 191 g/mol. The summed E-state index contributed by atoms with van der Waals surface area (Å²) < 4.78 is 22.8. The first-order valence-electron chi connectivity index (χ1n) is 2.60. The van der Waals surface area contributed by atoms with E-state index in [4.69, 9.17) is 0 Å². The van der Waals surface area contributed by atoms with E-state index >= 15 is 0 Å². The van der Waals surface area contributed by atoms with Crippen LogP contribution in [-0.4, -0.2) is 9.97 Å². The first kappa shape index (κ1) is 8.44. The SMILES string of the molecule is O=Pc1ncc(F)c(NP)n1. The van der Waals surface area contributed by atoms with Crippen molar-refractivity contribution < 1.29 is 8.96 Å². The van der Waals surface area contributed by atoms with Gasteiger partial charge in [0.1, 0.15) is 0 Å². The van der Waals surface area contributed by atoms with Gasteiger partial charge in [-0.1, -0.05) is 0 Å². The fourth-order valence-corrected chi connectivity index (χ4v) is 0.951. The van der Waals surface area contributed by atoms with E-state index in [1.807, 2.05) is 0 Å². The molecule has 4 nitrogen and oxygen atoms in total. The van der Waals surface area contributed by atoms with Crippen molar-refractivity contribution in [1.29, 1.82) is 0 Å². The Balaban J connectivity index is 3.12. The van der Waals surface area contributed by atoms with Crippen LogP contribution in [0.1, 0.15) is 0 Å². The van der Waals surface area contributed by atoms with E-state index < -0.39 is 5.82 Å². The van der Waals surface area contributed by atoms with Crippen molar-refractivity contribution in [2.24, 2.45) is 0 Å². The molecule has 0 bridgehead atoms. The molecule has 1 unspecified atom stereocenters. The predicted molar refractivity (Wildman–Crippen MR) is 42.6 cm³/mol.